The number of aromatic nitrogens is 2. The van der Waals surface area contributed by atoms with Crippen LogP contribution in [0, 0.1) is 0 Å². The summed E-state index contributed by atoms with van der Waals surface area (Å²) in [7, 11) is 0. The highest BCUT2D eigenvalue weighted by Crippen LogP contribution is 2.14. The Morgan fingerprint density at radius 2 is 2.22 bits per heavy atom. The van der Waals surface area contributed by atoms with Crippen LogP contribution in [0.4, 0.5) is 0 Å². The fraction of sp³-hybridized carbons (Fsp3) is 0.438. The highest BCUT2D eigenvalue weighted by molar-refractivity contribution is 9.10. The number of nitrogens with zero attached hydrogens (tertiary/aromatic N) is 2. The van der Waals surface area contributed by atoms with E-state index in [4.69, 9.17) is 4.74 Å². The second-order valence-electron chi connectivity index (χ2n) is 5.46. The number of hydrogen-bond donors (Lipinski definition) is 1. The van der Waals surface area contributed by atoms with Crippen molar-refractivity contribution in [2.45, 2.75) is 32.9 Å². The lowest BCUT2D eigenvalue weighted by atomic mass is 10.2. The van der Waals surface area contributed by atoms with Crippen molar-refractivity contribution in [3.05, 3.63) is 39.4 Å². The van der Waals surface area contributed by atoms with Crippen molar-refractivity contribution in [2.75, 3.05) is 13.2 Å². The zero-order chi connectivity index (χ0) is 16.8. The predicted molar refractivity (Wildman–Crippen MR) is 92.4 cm³/mol. The molecule has 0 aliphatic rings. The molecule has 1 N–H and O–H groups in total. The van der Waals surface area contributed by atoms with Crippen molar-refractivity contribution in [3.63, 3.8) is 0 Å². The first-order valence-corrected chi connectivity index (χ1v) is 8.29. The van der Waals surface area contributed by atoms with Crippen molar-refractivity contribution >= 4 is 32.7 Å². The molecule has 2 rings (SSSR count). The maximum absolute atomic E-state index is 12.4. The highest BCUT2D eigenvalue weighted by atomic mass is 79.9. The second kappa shape index (κ2) is 8.21. The molecule has 1 amide bonds. The topological polar surface area (TPSA) is 73.2 Å². The zero-order valence-electron chi connectivity index (χ0n) is 13.2. The van der Waals surface area contributed by atoms with Crippen LogP contribution >= 0.6 is 15.9 Å². The third-order valence-corrected chi connectivity index (χ3v) is 3.69. The van der Waals surface area contributed by atoms with Gasteiger partial charge in [-0.15, -0.1) is 0 Å². The third-order valence-electron chi connectivity index (χ3n) is 3.19. The molecule has 124 valence electrons. The van der Waals surface area contributed by atoms with Gasteiger partial charge in [-0.1, -0.05) is 15.9 Å². The normalized spacial score (nSPS) is 11.1. The fourth-order valence-electron chi connectivity index (χ4n) is 2.07. The summed E-state index contributed by atoms with van der Waals surface area (Å²) in [6.07, 6.45) is 2.33. The van der Waals surface area contributed by atoms with Crippen LogP contribution in [0.15, 0.2) is 33.8 Å². The van der Waals surface area contributed by atoms with Crippen molar-refractivity contribution in [3.8, 4) is 0 Å². The van der Waals surface area contributed by atoms with Crippen LogP contribution in [-0.4, -0.2) is 34.7 Å². The number of amides is 1. The van der Waals surface area contributed by atoms with E-state index in [2.05, 4.69) is 26.2 Å². The Morgan fingerprint density at radius 1 is 1.43 bits per heavy atom. The molecule has 0 fully saturated rings. The van der Waals surface area contributed by atoms with Gasteiger partial charge in [-0.3, -0.25) is 14.2 Å². The molecule has 0 saturated carbocycles. The minimum atomic E-state index is -0.227. The van der Waals surface area contributed by atoms with Gasteiger partial charge in [0.2, 0.25) is 5.91 Å². The van der Waals surface area contributed by atoms with Crippen molar-refractivity contribution in [1.29, 1.82) is 0 Å². The summed E-state index contributed by atoms with van der Waals surface area (Å²) in [4.78, 5) is 28.5. The number of carbonyl (C=O) groups excluding carboxylic acids is 1. The van der Waals surface area contributed by atoms with Gasteiger partial charge in [0, 0.05) is 17.6 Å². The first-order chi connectivity index (χ1) is 11.0. The number of fused-ring (bicyclic) bond motifs is 1. The van der Waals surface area contributed by atoms with Gasteiger partial charge in [0.1, 0.15) is 6.54 Å². The van der Waals surface area contributed by atoms with Crippen LogP contribution < -0.4 is 10.9 Å². The molecule has 0 aliphatic carbocycles. The van der Waals surface area contributed by atoms with E-state index < -0.39 is 0 Å². The first kappa shape index (κ1) is 17.6. The van der Waals surface area contributed by atoms with Crippen LogP contribution in [0.25, 0.3) is 10.9 Å². The Balaban J connectivity index is 1.95. The first-order valence-electron chi connectivity index (χ1n) is 7.50. The Morgan fingerprint density at radius 3 is 2.96 bits per heavy atom. The molecule has 0 atom stereocenters. The average molecular weight is 382 g/mol. The lowest BCUT2D eigenvalue weighted by molar-refractivity contribution is -0.121. The highest BCUT2D eigenvalue weighted by Gasteiger charge is 2.08. The predicted octanol–water partition coefficient (Wildman–Crippen LogP) is 2.09. The van der Waals surface area contributed by atoms with Crippen molar-refractivity contribution in [2.24, 2.45) is 0 Å². The fourth-order valence-corrected chi connectivity index (χ4v) is 2.43. The maximum Gasteiger partial charge on any atom is 0.261 e. The molecule has 2 aromatic rings. The molecule has 6 nitrogen and oxygen atoms in total. The maximum atomic E-state index is 12.4. The van der Waals surface area contributed by atoms with Crippen LogP contribution in [0.5, 0.6) is 0 Å². The number of hydrogen-bond acceptors (Lipinski definition) is 4. The van der Waals surface area contributed by atoms with Crippen LogP contribution in [0.3, 0.4) is 0 Å². The smallest absolute Gasteiger partial charge is 0.261 e. The minimum absolute atomic E-state index is 0.0423. The summed E-state index contributed by atoms with van der Waals surface area (Å²) >= 11 is 3.33. The number of carbonyl (C=O) groups is 1. The third kappa shape index (κ3) is 5.14. The largest absolute Gasteiger partial charge is 0.379 e. The molecule has 0 saturated heterocycles. The lowest BCUT2D eigenvalue weighted by Gasteiger charge is -2.09. The Hall–Kier alpha value is -1.73. The molecule has 0 bridgehead atoms. The van der Waals surface area contributed by atoms with Crippen LogP contribution in [0.2, 0.25) is 0 Å². The molecule has 0 spiro atoms. The Kier molecular flexibility index (Phi) is 6.29. The number of benzene rings is 1. The molecule has 0 aliphatic heterocycles. The molecular formula is C16H20BrN3O3. The number of ether oxygens (including phenoxy) is 1. The van der Waals surface area contributed by atoms with Gasteiger partial charge < -0.3 is 10.1 Å². The van der Waals surface area contributed by atoms with Crippen molar-refractivity contribution < 1.29 is 9.53 Å². The lowest BCUT2D eigenvalue weighted by Crippen LogP contribution is -2.33. The van der Waals surface area contributed by atoms with E-state index in [0.29, 0.717) is 24.1 Å². The molecule has 0 unspecified atom stereocenters. The van der Waals surface area contributed by atoms with Gasteiger partial charge in [0.05, 0.1) is 23.3 Å². The van der Waals surface area contributed by atoms with Crippen LogP contribution in [0.1, 0.15) is 20.3 Å². The average Bonchev–Trinajstić information content (AvgIpc) is 2.50. The Bertz CT molecular complexity index is 743. The number of rotatable bonds is 7. The van der Waals surface area contributed by atoms with E-state index in [-0.39, 0.29) is 24.1 Å². The summed E-state index contributed by atoms with van der Waals surface area (Å²) in [6, 6.07) is 5.30. The molecule has 0 radical (unpaired) electrons. The zero-order valence-corrected chi connectivity index (χ0v) is 14.8. The van der Waals surface area contributed by atoms with Gasteiger partial charge in [-0.2, -0.15) is 0 Å². The quantitative estimate of drug-likeness (QED) is 0.745. The van der Waals surface area contributed by atoms with E-state index in [1.807, 2.05) is 19.9 Å². The molecule has 7 heteroatoms. The molecule has 1 aromatic heterocycles. The van der Waals surface area contributed by atoms with Crippen molar-refractivity contribution in [1.82, 2.24) is 14.9 Å². The standard InChI is InChI=1S/C16H20BrN3O3/c1-11(2)23-7-3-6-18-15(21)9-20-10-19-14-5-4-12(17)8-13(14)16(20)22/h4-5,8,10-11H,3,6-7,9H2,1-2H3,(H,18,21). The van der Waals surface area contributed by atoms with E-state index in [1.165, 1.54) is 10.9 Å². The minimum Gasteiger partial charge on any atom is -0.379 e. The number of nitrogens with one attached hydrogen (secondary N) is 1. The summed E-state index contributed by atoms with van der Waals surface area (Å²) in [5.74, 6) is -0.215. The van der Waals surface area contributed by atoms with E-state index in [9.17, 15) is 9.59 Å². The molecule has 1 aromatic carbocycles. The van der Waals surface area contributed by atoms with E-state index in [1.54, 1.807) is 12.1 Å². The molecular weight excluding hydrogens is 362 g/mol. The van der Waals surface area contributed by atoms with Gasteiger partial charge in [-0.25, -0.2) is 4.98 Å². The summed E-state index contributed by atoms with van der Waals surface area (Å²) < 4.78 is 7.52. The number of halogens is 1. The summed E-state index contributed by atoms with van der Waals surface area (Å²) in [6.45, 7) is 5.02. The molecule has 23 heavy (non-hydrogen) atoms. The van der Waals surface area contributed by atoms with E-state index in [0.717, 1.165) is 10.9 Å². The van der Waals surface area contributed by atoms with Gasteiger partial charge in [0.15, 0.2) is 0 Å². The van der Waals surface area contributed by atoms with Crippen LogP contribution in [-0.2, 0) is 16.1 Å². The second-order valence-corrected chi connectivity index (χ2v) is 6.38. The van der Waals surface area contributed by atoms with Gasteiger partial charge in [-0.05, 0) is 38.5 Å². The monoisotopic (exact) mass is 381 g/mol. The molecule has 1 heterocycles. The van der Waals surface area contributed by atoms with Gasteiger partial charge in [0.25, 0.3) is 5.56 Å². The SMILES string of the molecule is CC(C)OCCCNC(=O)Cn1cnc2ccc(Br)cc2c1=O. The summed E-state index contributed by atoms with van der Waals surface area (Å²) in [5, 5.41) is 3.26. The Labute approximate surface area is 143 Å². The van der Waals surface area contributed by atoms with Gasteiger partial charge >= 0.3 is 0 Å². The van der Waals surface area contributed by atoms with E-state index >= 15 is 0 Å². The summed E-state index contributed by atoms with van der Waals surface area (Å²) in [5.41, 5.74) is 0.385.